The van der Waals surface area contributed by atoms with E-state index in [0.29, 0.717) is 0 Å². The first-order valence-corrected chi connectivity index (χ1v) is 4.39. The van der Waals surface area contributed by atoms with Gasteiger partial charge in [0, 0.05) is 0 Å². The van der Waals surface area contributed by atoms with Crippen LogP contribution in [0.4, 0.5) is 0 Å². The maximum Gasteiger partial charge on any atom is 0.348 e. The van der Waals surface area contributed by atoms with Gasteiger partial charge in [0.15, 0.2) is 0 Å². The van der Waals surface area contributed by atoms with Gasteiger partial charge in [-0.3, -0.25) is 0 Å². The van der Waals surface area contributed by atoms with Crippen molar-refractivity contribution < 1.29 is 9.53 Å². The molecule has 0 aliphatic carbocycles. The first-order chi connectivity index (χ1) is 6.19. The molecular formula is C10H15NO2. The molecule has 0 fully saturated rings. The van der Waals surface area contributed by atoms with Crippen molar-refractivity contribution in [3.8, 4) is 6.07 Å². The Balaban J connectivity index is 4.56. The molecule has 0 radical (unpaired) electrons. The highest BCUT2D eigenvalue weighted by Crippen LogP contribution is 2.12. The second-order valence-electron chi connectivity index (χ2n) is 2.76. The standard InChI is InChI=1S/C10H15NO2/c1-4-8(5-2)6-9(7-11)10(12)13-3/h6,8H,4-5H2,1-3H3. The van der Waals surface area contributed by atoms with Crippen LogP contribution in [0.3, 0.4) is 0 Å². The minimum Gasteiger partial charge on any atom is -0.465 e. The number of nitrogens with zero attached hydrogens (tertiary/aromatic N) is 1. The molecule has 0 saturated heterocycles. The number of methoxy groups -OCH3 is 1. The third-order valence-electron chi connectivity index (χ3n) is 1.98. The fourth-order valence-electron chi connectivity index (χ4n) is 1.02. The number of nitriles is 1. The van der Waals surface area contributed by atoms with Crippen LogP contribution in [0.1, 0.15) is 26.7 Å². The smallest absolute Gasteiger partial charge is 0.348 e. The lowest BCUT2D eigenvalue weighted by atomic mass is 10.0. The Bertz CT molecular complexity index is 234. The summed E-state index contributed by atoms with van der Waals surface area (Å²) in [5.74, 6) is -0.261. The van der Waals surface area contributed by atoms with Crippen LogP contribution < -0.4 is 0 Å². The Labute approximate surface area is 79.0 Å². The van der Waals surface area contributed by atoms with E-state index in [1.807, 2.05) is 19.9 Å². The summed E-state index contributed by atoms with van der Waals surface area (Å²) in [6, 6.07) is 1.84. The van der Waals surface area contributed by atoms with E-state index in [0.717, 1.165) is 12.8 Å². The Morgan fingerprint density at radius 2 is 2.08 bits per heavy atom. The van der Waals surface area contributed by atoms with Gasteiger partial charge in [0.1, 0.15) is 11.6 Å². The molecule has 13 heavy (non-hydrogen) atoms. The second kappa shape index (κ2) is 6.24. The number of hydrogen-bond donors (Lipinski definition) is 0. The van der Waals surface area contributed by atoms with E-state index in [2.05, 4.69) is 4.74 Å². The largest absolute Gasteiger partial charge is 0.465 e. The van der Waals surface area contributed by atoms with Gasteiger partial charge in [-0.25, -0.2) is 4.79 Å². The number of carbonyl (C=O) groups excluding carboxylic acids is 1. The zero-order valence-electron chi connectivity index (χ0n) is 8.33. The summed E-state index contributed by atoms with van der Waals surface area (Å²) < 4.78 is 4.46. The summed E-state index contributed by atoms with van der Waals surface area (Å²) in [5.41, 5.74) is 0.108. The molecule has 0 aromatic carbocycles. The summed E-state index contributed by atoms with van der Waals surface area (Å²) in [7, 11) is 1.28. The van der Waals surface area contributed by atoms with Crippen LogP contribution in [0.2, 0.25) is 0 Å². The lowest BCUT2D eigenvalue weighted by molar-refractivity contribution is -0.135. The quantitative estimate of drug-likeness (QED) is 0.379. The molecule has 3 heteroatoms. The molecular weight excluding hydrogens is 166 g/mol. The summed E-state index contributed by atoms with van der Waals surface area (Å²) in [4.78, 5) is 11.0. The monoisotopic (exact) mass is 181 g/mol. The van der Waals surface area contributed by atoms with Crippen molar-refractivity contribution in [3.05, 3.63) is 11.6 Å². The van der Waals surface area contributed by atoms with Crippen LogP contribution in [0.15, 0.2) is 11.6 Å². The molecule has 0 heterocycles. The van der Waals surface area contributed by atoms with E-state index in [1.54, 1.807) is 6.08 Å². The van der Waals surface area contributed by atoms with Crippen molar-refractivity contribution in [3.63, 3.8) is 0 Å². The molecule has 0 rings (SSSR count). The van der Waals surface area contributed by atoms with E-state index in [-0.39, 0.29) is 11.5 Å². The minimum absolute atomic E-state index is 0.108. The third-order valence-corrected chi connectivity index (χ3v) is 1.98. The molecule has 0 aromatic heterocycles. The lowest BCUT2D eigenvalue weighted by Crippen LogP contribution is -2.05. The predicted molar refractivity (Wildman–Crippen MR) is 49.8 cm³/mol. The summed E-state index contributed by atoms with van der Waals surface area (Å²) in [6.45, 7) is 4.05. The van der Waals surface area contributed by atoms with E-state index in [4.69, 9.17) is 5.26 Å². The maximum absolute atomic E-state index is 11.0. The van der Waals surface area contributed by atoms with Gasteiger partial charge in [-0.05, 0) is 18.8 Å². The summed E-state index contributed by atoms with van der Waals surface area (Å²) >= 11 is 0. The Hall–Kier alpha value is -1.30. The Morgan fingerprint density at radius 1 is 1.54 bits per heavy atom. The van der Waals surface area contributed by atoms with E-state index in [1.165, 1.54) is 7.11 Å². The highest BCUT2D eigenvalue weighted by molar-refractivity contribution is 5.92. The van der Waals surface area contributed by atoms with Gasteiger partial charge in [-0.2, -0.15) is 5.26 Å². The average Bonchev–Trinajstić information content (AvgIpc) is 2.19. The molecule has 0 amide bonds. The van der Waals surface area contributed by atoms with Crippen molar-refractivity contribution in [1.82, 2.24) is 0 Å². The van der Waals surface area contributed by atoms with Gasteiger partial charge in [0.2, 0.25) is 0 Å². The average molecular weight is 181 g/mol. The van der Waals surface area contributed by atoms with Gasteiger partial charge in [0.25, 0.3) is 0 Å². The van der Waals surface area contributed by atoms with Gasteiger partial charge in [-0.1, -0.05) is 19.9 Å². The van der Waals surface area contributed by atoms with Crippen molar-refractivity contribution in [1.29, 1.82) is 5.26 Å². The minimum atomic E-state index is -0.547. The van der Waals surface area contributed by atoms with Gasteiger partial charge >= 0.3 is 5.97 Å². The maximum atomic E-state index is 11.0. The highest BCUT2D eigenvalue weighted by atomic mass is 16.5. The Morgan fingerprint density at radius 3 is 2.38 bits per heavy atom. The van der Waals surface area contributed by atoms with Crippen molar-refractivity contribution >= 4 is 5.97 Å². The molecule has 0 spiro atoms. The molecule has 0 aromatic rings. The second-order valence-corrected chi connectivity index (χ2v) is 2.76. The van der Waals surface area contributed by atoms with Gasteiger partial charge < -0.3 is 4.74 Å². The number of hydrogen-bond acceptors (Lipinski definition) is 3. The zero-order chi connectivity index (χ0) is 10.3. The third kappa shape index (κ3) is 3.75. The lowest BCUT2D eigenvalue weighted by Gasteiger charge is -2.05. The summed E-state index contributed by atoms with van der Waals surface area (Å²) in [6.07, 6.45) is 3.54. The van der Waals surface area contributed by atoms with Crippen LogP contribution in [0.25, 0.3) is 0 Å². The molecule has 0 saturated carbocycles. The number of allylic oxidation sites excluding steroid dienone is 1. The number of esters is 1. The first kappa shape index (κ1) is 11.7. The number of ether oxygens (including phenoxy) is 1. The molecule has 0 aliphatic rings. The fourth-order valence-corrected chi connectivity index (χ4v) is 1.02. The molecule has 3 nitrogen and oxygen atoms in total. The van der Waals surface area contributed by atoms with Crippen molar-refractivity contribution in [2.75, 3.05) is 7.11 Å². The Kier molecular flexibility index (Phi) is 5.62. The topological polar surface area (TPSA) is 50.1 Å². The van der Waals surface area contributed by atoms with Crippen LogP contribution in [-0.2, 0) is 9.53 Å². The molecule has 0 atom stereocenters. The van der Waals surface area contributed by atoms with Crippen molar-refractivity contribution in [2.45, 2.75) is 26.7 Å². The molecule has 0 unspecified atom stereocenters. The SMILES string of the molecule is CCC(C=C(C#N)C(=O)OC)CC. The molecule has 72 valence electrons. The van der Waals surface area contributed by atoms with E-state index < -0.39 is 5.97 Å². The van der Waals surface area contributed by atoms with Crippen molar-refractivity contribution in [2.24, 2.45) is 5.92 Å². The van der Waals surface area contributed by atoms with Crippen LogP contribution in [-0.4, -0.2) is 13.1 Å². The van der Waals surface area contributed by atoms with Crippen LogP contribution >= 0.6 is 0 Å². The molecule has 0 aliphatic heterocycles. The number of carbonyl (C=O) groups is 1. The van der Waals surface area contributed by atoms with Gasteiger partial charge in [0.05, 0.1) is 7.11 Å². The zero-order valence-corrected chi connectivity index (χ0v) is 8.33. The molecule has 0 N–H and O–H groups in total. The first-order valence-electron chi connectivity index (χ1n) is 4.39. The van der Waals surface area contributed by atoms with E-state index >= 15 is 0 Å². The van der Waals surface area contributed by atoms with E-state index in [9.17, 15) is 4.79 Å². The van der Waals surface area contributed by atoms with Gasteiger partial charge in [-0.15, -0.1) is 0 Å². The predicted octanol–water partition coefficient (Wildman–Crippen LogP) is 2.05. The highest BCUT2D eigenvalue weighted by Gasteiger charge is 2.10. The van der Waals surface area contributed by atoms with Crippen LogP contribution in [0, 0.1) is 17.2 Å². The molecule has 0 bridgehead atoms. The fraction of sp³-hybridized carbons (Fsp3) is 0.600. The number of rotatable bonds is 4. The summed E-state index contributed by atoms with van der Waals surface area (Å²) in [5, 5.41) is 8.65. The normalized spacial score (nSPS) is 11.2. The van der Waals surface area contributed by atoms with Crippen LogP contribution in [0.5, 0.6) is 0 Å².